The van der Waals surface area contributed by atoms with Gasteiger partial charge in [-0.25, -0.2) is 0 Å². The van der Waals surface area contributed by atoms with Crippen LogP contribution in [-0.4, -0.2) is 30.3 Å². The van der Waals surface area contributed by atoms with Gasteiger partial charge in [-0.1, -0.05) is 26.7 Å². The van der Waals surface area contributed by atoms with E-state index in [9.17, 15) is 4.79 Å². The quantitative estimate of drug-likeness (QED) is 0.661. The molecule has 0 bridgehead atoms. The maximum Gasteiger partial charge on any atom is 0.127 e. The maximum atomic E-state index is 11.6. The van der Waals surface area contributed by atoms with Crippen LogP contribution in [0.15, 0.2) is 0 Å². The van der Waals surface area contributed by atoms with Crippen LogP contribution in [0.5, 0.6) is 0 Å². The van der Waals surface area contributed by atoms with Crippen LogP contribution < -0.4 is 0 Å². The molecule has 2 aliphatic carbocycles. The van der Waals surface area contributed by atoms with Crippen molar-refractivity contribution in [2.24, 2.45) is 11.3 Å². The second-order valence-corrected chi connectivity index (χ2v) is 6.38. The summed E-state index contributed by atoms with van der Waals surface area (Å²) >= 11 is 0. The number of rotatable bonds is 6. The van der Waals surface area contributed by atoms with Gasteiger partial charge in [-0.05, 0) is 44.6 Å². The van der Waals surface area contributed by atoms with Gasteiger partial charge in [-0.2, -0.15) is 0 Å². The second-order valence-electron chi connectivity index (χ2n) is 6.38. The molecule has 2 heteroatoms. The zero-order chi connectivity index (χ0) is 12.3. The minimum atomic E-state index is -0.0184. The van der Waals surface area contributed by atoms with Crippen LogP contribution in [0.4, 0.5) is 0 Å². The van der Waals surface area contributed by atoms with Crippen molar-refractivity contribution < 1.29 is 4.79 Å². The molecule has 0 aromatic heterocycles. The summed E-state index contributed by atoms with van der Waals surface area (Å²) in [6.07, 6.45) is 9.98. The first-order chi connectivity index (χ1) is 8.19. The van der Waals surface area contributed by atoms with Crippen molar-refractivity contribution in [2.75, 3.05) is 13.1 Å². The molecule has 2 nitrogen and oxygen atoms in total. The number of carbonyl (C=O) groups excluding carboxylic acids is 1. The molecule has 0 aromatic carbocycles. The average Bonchev–Trinajstić information content (AvgIpc) is 3.12. The van der Waals surface area contributed by atoms with Gasteiger partial charge in [-0.15, -0.1) is 0 Å². The number of nitrogens with zero attached hydrogens (tertiary/aromatic N) is 1. The van der Waals surface area contributed by atoms with E-state index in [1.807, 2.05) is 0 Å². The molecule has 2 saturated carbocycles. The SMILES string of the molecule is CCCN(CC1(C=O)CCCC(C)C1)C1CC1. The summed E-state index contributed by atoms with van der Waals surface area (Å²) in [6.45, 7) is 6.75. The molecule has 0 N–H and O–H groups in total. The first kappa shape index (κ1) is 13.1. The Morgan fingerprint density at radius 3 is 2.65 bits per heavy atom. The number of hydrogen-bond donors (Lipinski definition) is 0. The van der Waals surface area contributed by atoms with Crippen LogP contribution in [0, 0.1) is 11.3 Å². The monoisotopic (exact) mass is 237 g/mol. The van der Waals surface area contributed by atoms with Crippen LogP contribution in [0.1, 0.15) is 58.8 Å². The third-order valence-electron chi connectivity index (χ3n) is 4.47. The molecule has 0 radical (unpaired) electrons. The Morgan fingerprint density at radius 1 is 1.35 bits per heavy atom. The van der Waals surface area contributed by atoms with Gasteiger partial charge in [0, 0.05) is 18.0 Å². The molecule has 2 atom stereocenters. The molecule has 98 valence electrons. The molecule has 0 heterocycles. The zero-order valence-corrected chi connectivity index (χ0v) is 11.5. The van der Waals surface area contributed by atoms with E-state index in [-0.39, 0.29) is 5.41 Å². The topological polar surface area (TPSA) is 20.3 Å². The summed E-state index contributed by atoms with van der Waals surface area (Å²) in [7, 11) is 0. The average molecular weight is 237 g/mol. The number of hydrogen-bond acceptors (Lipinski definition) is 2. The van der Waals surface area contributed by atoms with Crippen LogP contribution in [-0.2, 0) is 4.79 Å². The maximum absolute atomic E-state index is 11.6. The van der Waals surface area contributed by atoms with Gasteiger partial charge in [0.1, 0.15) is 6.29 Å². The van der Waals surface area contributed by atoms with Crippen LogP contribution in [0.25, 0.3) is 0 Å². The highest BCUT2D eigenvalue weighted by atomic mass is 16.1. The minimum absolute atomic E-state index is 0.0184. The molecule has 17 heavy (non-hydrogen) atoms. The van der Waals surface area contributed by atoms with Gasteiger partial charge < -0.3 is 4.79 Å². The van der Waals surface area contributed by atoms with Gasteiger partial charge in [0.25, 0.3) is 0 Å². The van der Waals surface area contributed by atoms with Crippen molar-refractivity contribution in [1.82, 2.24) is 4.90 Å². The Balaban J connectivity index is 1.98. The molecule has 0 aromatic rings. The van der Waals surface area contributed by atoms with Gasteiger partial charge in [-0.3, -0.25) is 4.90 Å². The summed E-state index contributed by atoms with van der Waals surface area (Å²) in [5.41, 5.74) is -0.0184. The van der Waals surface area contributed by atoms with Crippen LogP contribution in [0.3, 0.4) is 0 Å². The van der Waals surface area contributed by atoms with Crippen molar-refractivity contribution in [1.29, 1.82) is 0 Å². The summed E-state index contributed by atoms with van der Waals surface area (Å²) in [6, 6.07) is 0.795. The van der Waals surface area contributed by atoms with E-state index >= 15 is 0 Å². The zero-order valence-electron chi connectivity index (χ0n) is 11.5. The summed E-state index contributed by atoms with van der Waals surface area (Å²) in [5, 5.41) is 0. The summed E-state index contributed by atoms with van der Waals surface area (Å²) in [5.74, 6) is 0.733. The Bertz CT molecular complexity index is 262. The largest absolute Gasteiger partial charge is 0.303 e. The van der Waals surface area contributed by atoms with Crippen molar-refractivity contribution in [3.8, 4) is 0 Å². The first-order valence-corrected chi connectivity index (χ1v) is 7.39. The Labute approximate surface area is 106 Å². The molecular formula is C15H27NO. The van der Waals surface area contributed by atoms with E-state index in [0.717, 1.165) is 31.3 Å². The standard InChI is InChI=1S/C15H27NO/c1-3-9-16(14-6-7-14)11-15(12-17)8-4-5-13(2)10-15/h12-14H,3-11H2,1-2H3. The normalized spacial score (nSPS) is 33.9. The molecular weight excluding hydrogens is 210 g/mol. The fourth-order valence-electron chi connectivity index (χ4n) is 3.51. The Hall–Kier alpha value is -0.370. The minimum Gasteiger partial charge on any atom is -0.303 e. The molecule has 2 fully saturated rings. The van der Waals surface area contributed by atoms with Gasteiger partial charge in [0.05, 0.1) is 0 Å². The number of carbonyl (C=O) groups is 1. The predicted molar refractivity (Wildman–Crippen MR) is 71.0 cm³/mol. The van der Waals surface area contributed by atoms with E-state index in [1.54, 1.807) is 0 Å². The molecule has 0 spiro atoms. The molecule has 2 unspecified atom stereocenters. The summed E-state index contributed by atoms with van der Waals surface area (Å²) in [4.78, 5) is 14.2. The number of aldehydes is 1. The van der Waals surface area contributed by atoms with E-state index in [0.29, 0.717) is 0 Å². The fourth-order valence-corrected chi connectivity index (χ4v) is 3.51. The third-order valence-corrected chi connectivity index (χ3v) is 4.47. The van der Waals surface area contributed by atoms with Gasteiger partial charge >= 0.3 is 0 Å². The second kappa shape index (κ2) is 5.51. The predicted octanol–water partition coefficient (Wildman–Crippen LogP) is 3.26. The van der Waals surface area contributed by atoms with Crippen LogP contribution in [0.2, 0.25) is 0 Å². The molecule has 0 saturated heterocycles. The lowest BCUT2D eigenvalue weighted by Gasteiger charge is -2.39. The highest BCUT2D eigenvalue weighted by molar-refractivity contribution is 5.60. The molecule has 2 rings (SSSR count). The lowest BCUT2D eigenvalue weighted by molar-refractivity contribution is -0.120. The summed E-state index contributed by atoms with van der Waals surface area (Å²) < 4.78 is 0. The Morgan fingerprint density at radius 2 is 2.12 bits per heavy atom. The van der Waals surface area contributed by atoms with Gasteiger partial charge in [0.2, 0.25) is 0 Å². The highest BCUT2D eigenvalue weighted by Gasteiger charge is 2.39. The fraction of sp³-hybridized carbons (Fsp3) is 0.933. The molecule has 0 aliphatic heterocycles. The van der Waals surface area contributed by atoms with E-state index in [1.165, 1.54) is 44.9 Å². The third kappa shape index (κ3) is 3.31. The van der Waals surface area contributed by atoms with E-state index < -0.39 is 0 Å². The van der Waals surface area contributed by atoms with Crippen molar-refractivity contribution in [3.05, 3.63) is 0 Å². The van der Waals surface area contributed by atoms with E-state index in [2.05, 4.69) is 18.7 Å². The highest BCUT2D eigenvalue weighted by Crippen LogP contribution is 2.40. The Kier molecular flexibility index (Phi) is 4.24. The lowest BCUT2D eigenvalue weighted by Crippen LogP contribution is -2.43. The molecule has 0 amide bonds. The van der Waals surface area contributed by atoms with Crippen molar-refractivity contribution in [3.63, 3.8) is 0 Å². The smallest absolute Gasteiger partial charge is 0.127 e. The van der Waals surface area contributed by atoms with Crippen molar-refractivity contribution in [2.45, 2.75) is 64.8 Å². The first-order valence-electron chi connectivity index (χ1n) is 7.39. The van der Waals surface area contributed by atoms with Gasteiger partial charge in [0.15, 0.2) is 0 Å². The van der Waals surface area contributed by atoms with Crippen LogP contribution >= 0.6 is 0 Å². The van der Waals surface area contributed by atoms with E-state index in [4.69, 9.17) is 0 Å². The van der Waals surface area contributed by atoms with Crippen molar-refractivity contribution >= 4 is 6.29 Å². The lowest BCUT2D eigenvalue weighted by atomic mass is 9.70. The molecule has 2 aliphatic rings.